The Morgan fingerprint density at radius 3 is 2.75 bits per heavy atom. The molecule has 0 aliphatic rings. The van der Waals surface area contributed by atoms with Gasteiger partial charge in [0.2, 0.25) is 5.95 Å². The quantitative estimate of drug-likeness (QED) is 0.483. The molecule has 3 aromatic rings. The molecule has 0 fully saturated rings. The highest BCUT2D eigenvalue weighted by atomic mass is 15.3. The van der Waals surface area contributed by atoms with E-state index in [1.165, 1.54) is 0 Å². The third-order valence-corrected chi connectivity index (χ3v) is 3.13. The van der Waals surface area contributed by atoms with Gasteiger partial charge in [-0.1, -0.05) is 12.1 Å². The first-order valence-corrected chi connectivity index (χ1v) is 6.15. The van der Waals surface area contributed by atoms with Gasteiger partial charge in [-0.2, -0.15) is 4.98 Å². The number of pyridine rings is 1. The third kappa shape index (κ3) is 2.02. The first-order chi connectivity index (χ1) is 9.69. The SMILES string of the molecule is Cc1cccnc1-c1ccc2nc(N)nc(NN)c2c1. The normalized spacial score (nSPS) is 10.7. The fourth-order valence-electron chi connectivity index (χ4n) is 2.19. The van der Waals surface area contributed by atoms with Crippen LogP contribution in [0.25, 0.3) is 22.2 Å². The van der Waals surface area contributed by atoms with Crippen LogP contribution in [0.1, 0.15) is 5.56 Å². The van der Waals surface area contributed by atoms with Crippen molar-refractivity contribution < 1.29 is 0 Å². The van der Waals surface area contributed by atoms with Crippen molar-refractivity contribution in [1.82, 2.24) is 15.0 Å². The third-order valence-electron chi connectivity index (χ3n) is 3.13. The molecule has 6 nitrogen and oxygen atoms in total. The van der Waals surface area contributed by atoms with Gasteiger partial charge in [-0.25, -0.2) is 10.8 Å². The molecule has 0 atom stereocenters. The smallest absolute Gasteiger partial charge is 0.222 e. The summed E-state index contributed by atoms with van der Waals surface area (Å²) in [5, 5.41) is 0.809. The molecule has 3 rings (SSSR count). The Morgan fingerprint density at radius 2 is 2.00 bits per heavy atom. The van der Waals surface area contributed by atoms with Gasteiger partial charge in [-0.15, -0.1) is 0 Å². The lowest BCUT2D eigenvalue weighted by Crippen LogP contribution is -2.11. The van der Waals surface area contributed by atoms with E-state index in [-0.39, 0.29) is 5.95 Å². The number of hydrogen-bond acceptors (Lipinski definition) is 6. The van der Waals surface area contributed by atoms with Gasteiger partial charge in [0.25, 0.3) is 0 Å². The van der Waals surface area contributed by atoms with Gasteiger partial charge >= 0.3 is 0 Å². The number of rotatable bonds is 2. The summed E-state index contributed by atoms with van der Waals surface area (Å²) in [6, 6.07) is 9.74. The number of hydrazine groups is 1. The minimum absolute atomic E-state index is 0.187. The molecule has 0 aliphatic carbocycles. The first kappa shape index (κ1) is 12.3. The number of hydrogen-bond donors (Lipinski definition) is 3. The van der Waals surface area contributed by atoms with Crippen molar-refractivity contribution in [2.24, 2.45) is 5.84 Å². The molecule has 0 aliphatic heterocycles. The molecular formula is C14H14N6. The highest BCUT2D eigenvalue weighted by Crippen LogP contribution is 2.27. The van der Waals surface area contributed by atoms with E-state index in [2.05, 4.69) is 20.4 Å². The summed E-state index contributed by atoms with van der Waals surface area (Å²) >= 11 is 0. The van der Waals surface area contributed by atoms with Gasteiger partial charge in [0.1, 0.15) is 0 Å². The zero-order valence-electron chi connectivity index (χ0n) is 11.0. The van der Waals surface area contributed by atoms with Crippen molar-refractivity contribution in [3.8, 4) is 11.3 Å². The van der Waals surface area contributed by atoms with Crippen LogP contribution in [0.2, 0.25) is 0 Å². The van der Waals surface area contributed by atoms with Gasteiger partial charge in [0, 0.05) is 17.1 Å². The van der Waals surface area contributed by atoms with E-state index < -0.39 is 0 Å². The molecule has 0 unspecified atom stereocenters. The Morgan fingerprint density at radius 1 is 1.15 bits per heavy atom. The number of aryl methyl sites for hydroxylation is 1. The van der Waals surface area contributed by atoms with Gasteiger partial charge < -0.3 is 11.2 Å². The molecule has 6 heteroatoms. The van der Waals surface area contributed by atoms with E-state index in [1.54, 1.807) is 6.20 Å². The number of nitrogens with two attached hydrogens (primary N) is 2. The van der Waals surface area contributed by atoms with Crippen molar-refractivity contribution in [3.05, 3.63) is 42.1 Å². The lowest BCUT2D eigenvalue weighted by atomic mass is 10.0. The fourth-order valence-corrected chi connectivity index (χ4v) is 2.19. The van der Waals surface area contributed by atoms with Crippen LogP contribution in [0.3, 0.4) is 0 Å². The minimum Gasteiger partial charge on any atom is -0.368 e. The minimum atomic E-state index is 0.187. The summed E-state index contributed by atoms with van der Waals surface area (Å²) in [6.45, 7) is 2.02. The molecule has 0 spiro atoms. The second kappa shape index (κ2) is 4.75. The monoisotopic (exact) mass is 266 g/mol. The molecule has 2 heterocycles. The number of nitrogen functional groups attached to an aromatic ring is 2. The summed E-state index contributed by atoms with van der Waals surface area (Å²) in [4.78, 5) is 12.7. The molecule has 0 saturated heterocycles. The van der Waals surface area contributed by atoms with Crippen LogP contribution in [0.5, 0.6) is 0 Å². The lowest BCUT2D eigenvalue weighted by Gasteiger charge is -2.09. The maximum Gasteiger partial charge on any atom is 0.222 e. The second-order valence-electron chi connectivity index (χ2n) is 4.48. The van der Waals surface area contributed by atoms with E-state index in [9.17, 15) is 0 Å². The Bertz CT molecular complexity index is 784. The summed E-state index contributed by atoms with van der Waals surface area (Å²) in [7, 11) is 0. The van der Waals surface area contributed by atoms with Crippen LogP contribution in [0, 0.1) is 6.92 Å². The molecule has 0 radical (unpaired) electrons. The summed E-state index contributed by atoms with van der Waals surface area (Å²) in [5.74, 6) is 6.18. The molecule has 100 valence electrons. The highest BCUT2D eigenvalue weighted by Gasteiger charge is 2.09. The molecule has 1 aromatic carbocycles. The zero-order chi connectivity index (χ0) is 14.1. The van der Waals surface area contributed by atoms with Gasteiger partial charge in [-0.05, 0) is 30.7 Å². The number of fused-ring (bicyclic) bond motifs is 1. The average Bonchev–Trinajstić information content (AvgIpc) is 2.46. The molecule has 0 saturated carbocycles. The highest BCUT2D eigenvalue weighted by molar-refractivity contribution is 5.93. The van der Waals surface area contributed by atoms with Crippen LogP contribution in [-0.4, -0.2) is 15.0 Å². The van der Waals surface area contributed by atoms with Crippen LogP contribution in [0.4, 0.5) is 11.8 Å². The van der Waals surface area contributed by atoms with E-state index in [0.717, 1.165) is 27.7 Å². The number of anilines is 2. The Balaban J connectivity index is 2.25. The maximum atomic E-state index is 5.64. The molecule has 2 aromatic heterocycles. The molecular weight excluding hydrogens is 252 g/mol. The summed E-state index contributed by atoms with van der Waals surface area (Å²) in [5.41, 5.74) is 11.9. The Kier molecular flexibility index (Phi) is 2.92. The number of aromatic nitrogens is 3. The summed E-state index contributed by atoms with van der Waals surface area (Å²) in [6.07, 6.45) is 1.77. The lowest BCUT2D eigenvalue weighted by molar-refractivity contribution is 1.19. The van der Waals surface area contributed by atoms with E-state index in [0.29, 0.717) is 5.82 Å². The predicted molar refractivity (Wildman–Crippen MR) is 79.7 cm³/mol. The van der Waals surface area contributed by atoms with Crippen molar-refractivity contribution in [1.29, 1.82) is 0 Å². The Hall–Kier alpha value is -2.73. The second-order valence-corrected chi connectivity index (χ2v) is 4.48. The van der Waals surface area contributed by atoms with Crippen LogP contribution in [-0.2, 0) is 0 Å². The van der Waals surface area contributed by atoms with Crippen LogP contribution in [0.15, 0.2) is 36.5 Å². The van der Waals surface area contributed by atoms with E-state index >= 15 is 0 Å². The standard InChI is InChI=1S/C14H14N6/c1-8-3-2-6-17-12(8)9-4-5-11-10(7-9)13(20-16)19-14(15)18-11/h2-7H,16H2,1H3,(H3,15,18,19,20). The average molecular weight is 266 g/mol. The number of nitrogens with one attached hydrogen (secondary N) is 1. The number of nitrogens with zero attached hydrogens (tertiary/aromatic N) is 3. The maximum absolute atomic E-state index is 5.64. The molecule has 20 heavy (non-hydrogen) atoms. The van der Waals surface area contributed by atoms with Gasteiger partial charge in [-0.3, -0.25) is 4.98 Å². The molecule has 0 amide bonds. The zero-order valence-corrected chi connectivity index (χ0v) is 11.0. The first-order valence-electron chi connectivity index (χ1n) is 6.15. The molecule has 0 bridgehead atoms. The largest absolute Gasteiger partial charge is 0.368 e. The predicted octanol–water partition coefficient (Wildman–Crippen LogP) is 1.87. The van der Waals surface area contributed by atoms with Crippen molar-refractivity contribution >= 4 is 22.7 Å². The van der Waals surface area contributed by atoms with E-state index in [1.807, 2.05) is 37.3 Å². The van der Waals surface area contributed by atoms with Crippen LogP contribution >= 0.6 is 0 Å². The van der Waals surface area contributed by atoms with Crippen molar-refractivity contribution in [2.75, 3.05) is 11.2 Å². The van der Waals surface area contributed by atoms with Gasteiger partial charge in [0.15, 0.2) is 5.82 Å². The van der Waals surface area contributed by atoms with Crippen molar-refractivity contribution in [2.45, 2.75) is 6.92 Å². The summed E-state index contributed by atoms with van der Waals surface area (Å²) < 4.78 is 0. The Labute approximate surface area is 115 Å². The van der Waals surface area contributed by atoms with Crippen molar-refractivity contribution in [3.63, 3.8) is 0 Å². The van der Waals surface area contributed by atoms with Gasteiger partial charge in [0.05, 0.1) is 11.2 Å². The number of benzene rings is 1. The van der Waals surface area contributed by atoms with E-state index in [4.69, 9.17) is 11.6 Å². The fraction of sp³-hybridized carbons (Fsp3) is 0.0714. The topological polar surface area (TPSA) is 103 Å². The van der Waals surface area contributed by atoms with Crippen LogP contribution < -0.4 is 17.0 Å². The molecule has 5 N–H and O–H groups in total.